The molecule has 4 heteroatoms. The maximum Gasteiger partial charge on any atom is 0.119 e. The summed E-state index contributed by atoms with van der Waals surface area (Å²) < 4.78 is 5.39. The van der Waals surface area contributed by atoms with Crippen LogP contribution in [0.5, 0.6) is 5.75 Å². The first-order valence-electron chi connectivity index (χ1n) is 7.78. The minimum atomic E-state index is 0.282. The normalized spacial score (nSPS) is 12.5. The molecule has 0 amide bonds. The Hall–Kier alpha value is -1.97. The van der Waals surface area contributed by atoms with Gasteiger partial charge in [-0.15, -0.1) is 0 Å². The number of hydrogen-bond acceptors (Lipinski definition) is 2. The van der Waals surface area contributed by atoms with Crippen molar-refractivity contribution in [3.63, 3.8) is 0 Å². The van der Waals surface area contributed by atoms with Crippen LogP contribution in [-0.2, 0) is 0 Å². The van der Waals surface area contributed by atoms with Crippen molar-refractivity contribution in [2.45, 2.75) is 12.3 Å². The summed E-state index contributed by atoms with van der Waals surface area (Å²) in [6.07, 6.45) is 3.08. The first kappa shape index (κ1) is 15.9. The molecule has 2 aromatic carbocycles. The monoisotopic (exact) mass is 328 g/mol. The summed E-state index contributed by atoms with van der Waals surface area (Å²) >= 11 is 6.31. The number of aromatic amines is 1. The Balaban J connectivity index is 2.08. The lowest BCUT2D eigenvalue weighted by atomic mass is 9.88. The van der Waals surface area contributed by atoms with Crippen LogP contribution in [0.25, 0.3) is 10.9 Å². The molecule has 1 atom stereocenters. The highest BCUT2D eigenvalue weighted by Crippen LogP contribution is 2.36. The van der Waals surface area contributed by atoms with Crippen molar-refractivity contribution in [2.75, 3.05) is 20.7 Å². The van der Waals surface area contributed by atoms with E-state index in [1.807, 2.05) is 31.3 Å². The van der Waals surface area contributed by atoms with E-state index in [0.29, 0.717) is 0 Å². The van der Waals surface area contributed by atoms with Crippen molar-refractivity contribution in [3.8, 4) is 5.75 Å². The molecule has 0 saturated carbocycles. The van der Waals surface area contributed by atoms with E-state index < -0.39 is 0 Å². The summed E-state index contributed by atoms with van der Waals surface area (Å²) in [5.74, 6) is 1.17. The van der Waals surface area contributed by atoms with Gasteiger partial charge in [-0.05, 0) is 49.3 Å². The molecule has 0 aliphatic carbocycles. The molecular formula is C19H21ClN2O. The molecule has 23 heavy (non-hydrogen) atoms. The molecule has 1 aromatic heterocycles. The summed E-state index contributed by atoms with van der Waals surface area (Å²) in [6.45, 7) is 0.940. The molecule has 2 N–H and O–H groups in total. The third kappa shape index (κ3) is 3.21. The second-order valence-corrected chi connectivity index (χ2v) is 6.04. The minimum absolute atomic E-state index is 0.282. The van der Waals surface area contributed by atoms with Crippen LogP contribution in [0, 0.1) is 0 Å². The Kier molecular flexibility index (Phi) is 4.89. The molecule has 3 rings (SSSR count). The summed E-state index contributed by atoms with van der Waals surface area (Å²) in [5, 5.41) is 5.19. The summed E-state index contributed by atoms with van der Waals surface area (Å²) in [7, 11) is 3.68. The zero-order valence-corrected chi connectivity index (χ0v) is 14.2. The number of H-pyrrole nitrogens is 1. The van der Waals surface area contributed by atoms with Gasteiger partial charge < -0.3 is 15.0 Å². The van der Waals surface area contributed by atoms with Crippen molar-refractivity contribution >= 4 is 22.5 Å². The van der Waals surface area contributed by atoms with Gasteiger partial charge in [0, 0.05) is 17.5 Å². The Bertz CT molecular complexity index is 797. The lowest BCUT2D eigenvalue weighted by Gasteiger charge is -2.18. The molecule has 0 saturated heterocycles. The number of para-hydroxylation sites is 1. The predicted molar refractivity (Wildman–Crippen MR) is 96.7 cm³/mol. The predicted octanol–water partition coefficient (Wildman–Crippen LogP) is 4.57. The van der Waals surface area contributed by atoms with Gasteiger partial charge in [0.2, 0.25) is 0 Å². The van der Waals surface area contributed by atoms with Crippen LogP contribution < -0.4 is 10.1 Å². The quantitative estimate of drug-likeness (QED) is 0.695. The number of hydrogen-bond donors (Lipinski definition) is 2. The Morgan fingerprint density at radius 3 is 2.83 bits per heavy atom. The van der Waals surface area contributed by atoms with E-state index in [2.05, 4.69) is 34.7 Å². The fourth-order valence-electron chi connectivity index (χ4n) is 3.08. The number of methoxy groups -OCH3 is 1. The second-order valence-electron chi connectivity index (χ2n) is 5.63. The van der Waals surface area contributed by atoms with Crippen LogP contribution in [0.15, 0.2) is 48.7 Å². The van der Waals surface area contributed by atoms with E-state index in [-0.39, 0.29) is 5.92 Å². The van der Waals surface area contributed by atoms with Crippen molar-refractivity contribution < 1.29 is 4.74 Å². The second kappa shape index (κ2) is 7.07. The smallest absolute Gasteiger partial charge is 0.119 e. The van der Waals surface area contributed by atoms with Crippen molar-refractivity contribution in [2.24, 2.45) is 0 Å². The third-order valence-electron chi connectivity index (χ3n) is 4.25. The van der Waals surface area contributed by atoms with Crippen LogP contribution in [-0.4, -0.2) is 25.7 Å². The van der Waals surface area contributed by atoms with Crippen LogP contribution in [0.2, 0.25) is 5.02 Å². The number of fused-ring (bicyclic) bond motifs is 1. The van der Waals surface area contributed by atoms with E-state index in [1.54, 1.807) is 7.11 Å². The van der Waals surface area contributed by atoms with Crippen LogP contribution in [0.3, 0.4) is 0 Å². The number of nitrogens with one attached hydrogen (secondary N) is 2. The number of benzene rings is 2. The van der Waals surface area contributed by atoms with Crippen molar-refractivity contribution in [3.05, 3.63) is 64.8 Å². The molecule has 0 aliphatic rings. The number of halogens is 1. The van der Waals surface area contributed by atoms with Crippen LogP contribution in [0.4, 0.5) is 0 Å². The Morgan fingerprint density at radius 1 is 1.22 bits per heavy atom. The summed E-state index contributed by atoms with van der Waals surface area (Å²) in [4.78, 5) is 3.33. The number of aromatic nitrogens is 1. The van der Waals surface area contributed by atoms with E-state index in [0.717, 1.165) is 29.3 Å². The molecular weight excluding hydrogens is 308 g/mol. The number of rotatable bonds is 6. The van der Waals surface area contributed by atoms with Crippen LogP contribution >= 0.6 is 11.6 Å². The highest BCUT2D eigenvalue weighted by Gasteiger charge is 2.19. The average Bonchev–Trinajstić information content (AvgIpc) is 3.01. The van der Waals surface area contributed by atoms with E-state index in [9.17, 15) is 0 Å². The topological polar surface area (TPSA) is 37.0 Å². The Labute approximate surface area is 141 Å². The van der Waals surface area contributed by atoms with Gasteiger partial charge in [-0.2, -0.15) is 0 Å². The molecule has 1 unspecified atom stereocenters. The molecule has 3 aromatic rings. The SMILES string of the molecule is CNCCC(c1cccc(OC)c1)c1c[nH]c2c(Cl)cccc12. The zero-order valence-electron chi connectivity index (χ0n) is 13.4. The van der Waals surface area contributed by atoms with Gasteiger partial charge in [0.05, 0.1) is 17.6 Å². The van der Waals surface area contributed by atoms with E-state index >= 15 is 0 Å². The van der Waals surface area contributed by atoms with Gasteiger partial charge in [0.25, 0.3) is 0 Å². The third-order valence-corrected chi connectivity index (χ3v) is 4.57. The Morgan fingerprint density at radius 2 is 2.04 bits per heavy atom. The maximum atomic E-state index is 6.31. The fourth-order valence-corrected chi connectivity index (χ4v) is 3.31. The summed E-state index contributed by atoms with van der Waals surface area (Å²) in [6, 6.07) is 14.3. The lowest BCUT2D eigenvalue weighted by molar-refractivity contribution is 0.414. The fraction of sp³-hybridized carbons (Fsp3) is 0.263. The molecule has 0 radical (unpaired) electrons. The van der Waals surface area contributed by atoms with E-state index in [1.165, 1.54) is 16.5 Å². The first-order valence-corrected chi connectivity index (χ1v) is 8.16. The van der Waals surface area contributed by atoms with Gasteiger partial charge in [0.1, 0.15) is 5.75 Å². The lowest BCUT2D eigenvalue weighted by Crippen LogP contribution is -2.13. The standard InChI is InChI=1S/C19H21ClN2O/c1-21-10-9-15(13-5-3-6-14(11-13)23-2)17-12-22-19-16(17)7-4-8-18(19)20/h3-8,11-12,15,21-22H,9-10H2,1-2H3. The number of ether oxygens (including phenoxy) is 1. The zero-order chi connectivity index (χ0) is 16.2. The van der Waals surface area contributed by atoms with E-state index in [4.69, 9.17) is 16.3 Å². The molecule has 3 nitrogen and oxygen atoms in total. The molecule has 0 fully saturated rings. The van der Waals surface area contributed by atoms with Crippen LogP contribution in [0.1, 0.15) is 23.5 Å². The summed E-state index contributed by atoms with van der Waals surface area (Å²) in [5.41, 5.74) is 3.52. The largest absolute Gasteiger partial charge is 0.497 e. The average molecular weight is 329 g/mol. The molecule has 120 valence electrons. The highest BCUT2D eigenvalue weighted by atomic mass is 35.5. The maximum absolute atomic E-state index is 6.31. The van der Waals surface area contributed by atoms with Gasteiger partial charge in [-0.25, -0.2) is 0 Å². The minimum Gasteiger partial charge on any atom is -0.497 e. The van der Waals surface area contributed by atoms with Gasteiger partial charge in [0.15, 0.2) is 0 Å². The van der Waals surface area contributed by atoms with Crippen molar-refractivity contribution in [1.82, 2.24) is 10.3 Å². The van der Waals surface area contributed by atoms with Gasteiger partial charge in [-0.3, -0.25) is 0 Å². The van der Waals surface area contributed by atoms with Crippen molar-refractivity contribution in [1.29, 1.82) is 0 Å². The first-order chi connectivity index (χ1) is 11.2. The molecule has 0 spiro atoms. The van der Waals surface area contributed by atoms with Gasteiger partial charge >= 0.3 is 0 Å². The molecule has 0 bridgehead atoms. The molecule has 1 heterocycles. The highest BCUT2D eigenvalue weighted by molar-refractivity contribution is 6.35. The molecule has 0 aliphatic heterocycles. The van der Waals surface area contributed by atoms with Gasteiger partial charge in [-0.1, -0.05) is 35.9 Å².